The summed E-state index contributed by atoms with van der Waals surface area (Å²) in [6.07, 6.45) is 6.06. The number of hydrogen-bond acceptors (Lipinski definition) is 5. The quantitative estimate of drug-likeness (QED) is 0.864. The van der Waals surface area contributed by atoms with Crippen molar-refractivity contribution in [3.63, 3.8) is 0 Å². The van der Waals surface area contributed by atoms with Crippen molar-refractivity contribution in [1.82, 2.24) is 9.36 Å². The lowest BCUT2D eigenvalue weighted by atomic mass is 10.3. The lowest BCUT2D eigenvalue weighted by molar-refractivity contribution is 0.755. The van der Waals surface area contributed by atoms with Crippen molar-refractivity contribution in [3.8, 4) is 0 Å². The third-order valence-corrected chi connectivity index (χ3v) is 4.41. The van der Waals surface area contributed by atoms with E-state index in [9.17, 15) is 0 Å². The van der Waals surface area contributed by atoms with Crippen molar-refractivity contribution in [2.45, 2.75) is 37.5 Å². The number of nitrogens with zero attached hydrogens (tertiary/aromatic N) is 2. The molecule has 1 aliphatic rings. The van der Waals surface area contributed by atoms with Gasteiger partial charge in [0.2, 0.25) is 5.13 Å². The van der Waals surface area contributed by atoms with Crippen molar-refractivity contribution in [1.29, 1.82) is 0 Å². The smallest absolute Gasteiger partial charge is 0.202 e. The second-order valence-electron chi connectivity index (χ2n) is 3.66. The molecule has 0 spiro atoms. The Kier molecular flexibility index (Phi) is 3.28. The summed E-state index contributed by atoms with van der Waals surface area (Å²) in [5.41, 5.74) is 0. The Morgan fingerprint density at radius 1 is 1.50 bits per heavy atom. The fourth-order valence-electron chi connectivity index (χ4n) is 1.82. The molecule has 0 saturated heterocycles. The number of thioether (sulfide) groups is 1. The van der Waals surface area contributed by atoms with Crippen LogP contribution in [0.25, 0.3) is 0 Å². The van der Waals surface area contributed by atoms with Crippen molar-refractivity contribution < 1.29 is 0 Å². The Balaban J connectivity index is 1.87. The van der Waals surface area contributed by atoms with Crippen LogP contribution in [0.1, 0.15) is 25.1 Å². The van der Waals surface area contributed by atoms with Crippen LogP contribution in [0.2, 0.25) is 0 Å². The van der Waals surface area contributed by atoms with E-state index in [1.165, 1.54) is 30.8 Å². The minimum Gasteiger partial charge on any atom is -0.358 e. The number of hydrogen-bond donors (Lipinski definition) is 1. The highest BCUT2D eigenvalue weighted by Gasteiger charge is 2.24. The van der Waals surface area contributed by atoms with Crippen LogP contribution < -0.4 is 5.32 Å². The van der Waals surface area contributed by atoms with E-state index < -0.39 is 0 Å². The van der Waals surface area contributed by atoms with Gasteiger partial charge in [-0.2, -0.15) is 16.1 Å². The third kappa shape index (κ3) is 2.39. The summed E-state index contributed by atoms with van der Waals surface area (Å²) >= 11 is 3.45. The van der Waals surface area contributed by atoms with Crippen LogP contribution in [0, 0.1) is 6.92 Å². The summed E-state index contributed by atoms with van der Waals surface area (Å²) in [5, 5.41) is 5.27. The highest BCUT2D eigenvalue weighted by Crippen LogP contribution is 2.30. The van der Waals surface area contributed by atoms with E-state index in [-0.39, 0.29) is 0 Å². The van der Waals surface area contributed by atoms with Gasteiger partial charge in [0.25, 0.3) is 0 Å². The van der Waals surface area contributed by atoms with Gasteiger partial charge >= 0.3 is 0 Å². The summed E-state index contributed by atoms with van der Waals surface area (Å²) < 4.78 is 4.16. The van der Waals surface area contributed by atoms with Crippen LogP contribution in [-0.2, 0) is 0 Å². The van der Waals surface area contributed by atoms with Gasteiger partial charge in [-0.25, -0.2) is 4.98 Å². The van der Waals surface area contributed by atoms with Crippen LogP contribution in [0.15, 0.2) is 0 Å². The largest absolute Gasteiger partial charge is 0.358 e. The van der Waals surface area contributed by atoms with Gasteiger partial charge in [-0.15, -0.1) is 0 Å². The number of aromatic nitrogens is 2. The van der Waals surface area contributed by atoms with Crippen LogP contribution in [0.4, 0.5) is 5.13 Å². The monoisotopic (exact) mass is 229 g/mol. The molecule has 0 amide bonds. The Morgan fingerprint density at radius 2 is 2.36 bits per heavy atom. The zero-order valence-electron chi connectivity index (χ0n) is 8.49. The lowest BCUT2D eigenvalue weighted by Gasteiger charge is -2.10. The van der Waals surface area contributed by atoms with E-state index in [1.54, 1.807) is 0 Å². The molecule has 78 valence electrons. The first-order valence-electron chi connectivity index (χ1n) is 4.87. The summed E-state index contributed by atoms with van der Waals surface area (Å²) in [5.74, 6) is 0.872. The molecule has 5 heteroatoms. The molecule has 2 atom stereocenters. The van der Waals surface area contributed by atoms with Crippen molar-refractivity contribution in [2.24, 2.45) is 0 Å². The first-order valence-corrected chi connectivity index (χ1v) is 6.93. The van der Waals surface area contributed by atoms with Crippen LogP contribution in [-0.4, -0.2) is 26.9 Å². The molecule has 1 saturated carbocycles. The SMILES string of the molecule is CSC1CCC(Nc2nc(C)ns2)C1. The van der Waals surface area contributed by atoms with Gasteiger partial charge in [0.05, 0.1) is 0 Å². The molecule has 3 nitrogen and oxygen atoms in total. The molecule has 1 aromatic rings. The van der Waals surface area contributed by atoms with Gasteiger partial charge in [0, 0.05) is 22.8 Å². The fraction of sp³-hybridized carbons (Fsp3) is 0.778. The van der Waals surface area contributed by atoms with E-state index >= 15 is 0 Å². The highest BCUT2D eigenvalue weighted by atomic mass is 32.2. The molecule has 2 rings (SSSR count). The maximum Gasteiger partial charge on any atom is 0.202 e. The Labute approximate surface area is 92.9 Å². The second-order valence-corrected chi connectivity index (χ2v) is 5.55. The molecule has 0 radical (unpaired) electrons. The molecule has 14 heavy (non-hydrogen) atoms. The molecule has 0 bridgehead atoms. The van der Waals surface area contributed by atoms with Crippen molar-refractivity contribution in [2.75, 3.05) is 11.6 Å². The van der Waals surface area contributed by atoms with Crippen molar-refractivity contribution in [3.05, 3.63) is 5.82 Å². The summed E-state index contributed by atoms with van der Waals surface area (Å²) in [6, 6.07) is 0.611. The topological polar surface area (TPSA) is 37.8 Å². The summed E-state index contributed by atoms with van der Waals surface area (Å²) in [7, 11) is 0. The molecule has 1 fully saturated rings. The van der Waals surface area contributed by atoms with E-state index in [0.29, 0.717) is 6.04 Å². The first-order chi connectivity index (χ1) is 6.78. The zero-order chi connectivity index (χ0) is 9.97. The summed E-state index contributed by atoms with van der Waals surface area (Å²) in [6.45, 7) is 1.93. The number of anilines is 1. The number of aryl methyl sites for hydroxylation is 1. The van der Waals surface area contributed by atoms with Crippen molar-refractivity contribution >= 4 is 28.4 Å². The molecular formula is C9H15N3S2. The molecular weight excluding hydrogens is 214 g/mol. The average molecular weight is 229 g/mol. The third-order valence-electron chi connectivity index (χ3n) is 2.57. The van der Waals surface area contributed by atoms with E-state index in [1.807, 2.05) is 18.7 Å². The lowest BCUT2D eigenvalue weighted by Crippen LogP contribution is -2.15. The van der Waals surface area contributed by atoms with E-state index in [4.69, 9.17) is 0 Å². The van der Waals surface area contributed by atoms with Crippen LogP contribution in [0.5, 0.6) is 0 Å². The van der Waals surface area contributed by atoms with E-state index in [0.717, 1.165) is 16.2 Å². The van der Waals surface area contributed by atoms with Crippen LogP contribution in [0.3, 0.4) is 0 Å². The average Bonchev–Trinajstić information content (AvgIpc) is 2.76. The minimum atomic E-state index is 0.611. The Morgan fingerprint density at radius 3 is 2.93 bits per heavy atom. The maximum atomic E-state index is 4.31. The Hall–Kier alpha value is -0.290. The highest BCUT2D eigenvalue weighted by molar-refractivity contribution is 7.99. The number of rotatable bonds is 3. The molecule has 1 heterocycles. The van der Waals surface area contributed by atoms with Gasteiger partial charge in [-0.3, -0.25) is 0 Å². The normalized spacial score (nSPS) is 26.7. The predicted octanol–water partition coefficient (Wildman–Crippen LogP) is 2.54. The standard InChI is InChI=1S/C9H15N3S2/c1-6-10-9(14-12-6)11-7-3-4-8(5-7)13-2/h7-8H,3-5H2,1-2H3,(H,10,11,12). The Bertz CT molecular complexity index is 300. The van der Waals surface area contributed by atoms with Gasteiger partial charge in [-0.05, 0) is 32.4 Å². The van der Waals surface area contributed by atoms with E-state index in [2.05, 4.69) is 20.9 Å². The molecule has 1 N–H and O–H groups in total. The van der Waals surface area contributed by atoms with Gasteiger partial charge in [-0.1, -0.05) is 0 Å². The van der Waals surface area contributed by atoms with Gasteiger partial charge < -0.3 is 5.32 Å². The minimum absolute atomic E-state index is 0.611. The molecule has 0 aliphatic heterocycles. The predicted molar refractivity (Wildman–Crippen MR) is 63.2 cm³/mol. The maximum absolute atomic E-state index is 4.31. The molecule has 0 aromatic carbocycles. The summed E-state index contributed by atoms with van der Waals surface area (Å²) in [4.78, 5) is 4.31. The molecule has 1 aromatic heterocycles. The first kappa shape index (κ1) is 10.2. The molecule has 1 aliphatic carbocycles. The van der Waals surface area contributed by atoms with Gasteiger partial charge in [0.15, 0.2) is 0 Å². The van der Waals surface area contributed by atoms with Gasteiger partial charge in [0.1, 0.15) is 5.82 Å². The second kappa shape index (κ2) is 4.49. The molecule has 2 unspecified atom stereocenters. The van der Waals surface area contributed by atoms with Crippen LogP contribution >= 0.6 is 23.3 Å². The zero-order valence-corrected chi connectivity index (χ0v) is 10.1. The fourth-order valence-corrected chi connectivity index (χ4v) is 3.26. The number of nitrogens with one attached hydrogen (secondary N) is 1.